The summed E-state index contributed by atoms with van der Waals surface area (Å²) in [5.41, 5.74) is 2.72. The predicted molar refractivity (Wildman–Crippen MR) is 148 cm³/mol. The summed E-state index contributed by atoms with van der Waals surface area (Å²) in [5.74, 6) is 2.76. The zero-order valence-electron chi connectivity index (χ0n) is 22.2. The highest BCUT2D eigenvalue weighted by molar-refractivity contribution is 5.91. The number of anilines is 1. The molecule has 0 fully saturated rings. The van der Waals surface area contributed by atoms with Crippen LogP contribution in [-0.4, -0.2) is 48.9 Å². The van der Waals surface area contributed by atoms with Crippen LogP contribution >= 0.6 is 0 Å². The summed E-state index contributed by atoms with van der Waals surface area (Å²) in [5, 5.41) is 14.5. The zero-order chi connectivity index (χ0) is 29.1. The molecule has 0 radical (unpaired) electrons. The molecule has 1 amide bonds. The number of hydrogen-bond acceptors (Lipinski definition) is 6. The Morgan fingerprint density at radius 1 is 1.15 bits per heavy atom. The van der Waals surface area contributed by atoms with Crippen molar-refractivity contribution >= 4 is 17.5 Å². The molecular formula is C29H25F3N8O. The van der Waals surface area contributed by atoms with Gasteiger partial charge >= 0.3 is 6.18 Å². The molecule has 5 rings (SSSR count). The van der Waals surface area contributed by atoms with Crippen LogP contribution in [0.1, 0.15) is 29.5 Å². The monoisotopic (exact) mass is 558 g/mol. The summed E-state index contributed by atoms with van der Waals surface area (Å²) in [4.78, 5) is 21.4. The number of hydrogen-bond donors (Lipinski definition) is 2. The molecule has 2 N–H and O–H groups in total. The molecule has 12 heteroatoms. The van der Waals surface area contributed by atoms with Gasteiger partial charge in [-0.25, -0.2) is 14.2 Å². The molecule has 208 valence electrons. The van der Waals surface area contributed by atoms with Gasteiger partial charge in [-0.1, -0.05) is 18.1 Å². The van der Waals surface area contributed by atoms with Gasteiger partial charge in [0.25, 0.3) is 0 Å². The van der Waals surface area contributed by atoms with E-state index in [-0.39, 0.29) is 29.5 Å². The number of amides is 1. The summed E-state index contributed by atoms with van der Waals surface area (Å²) in [7, 11) is 1.80. The highest BCUT2D eigenvalue weighted by atomic mass is 19.4. The third-order valence-corrected chi connectivity index (χ3v) is 6.51. The summed E-state index contributed by atoms with van der Waals surface area (Å²) >= 11 is 0. The Bertz CT molecular complexity index is 1760. The second-order valence-corrected chi connectivity index (χ2v) is 9.27. The van der Waals surface area contributed by atoms with Crippen LogP contribution in [0.2, 0.25) is 0 Å². The van der Waals surface area contributed by atoms with Crippen molar-refractivity contribution in [2.75, 3.05) is 18.9 Å². The van der Waals surface area contributed by atoms with Gasteiger partial charge in [0.15, 0.2) is 11.5 Å². The molecule has 0 saturated carbocycles. The van der Waals surface area contributed by atoms with E-state index in [9.17, 15) is 18.0 Å². The van der Waals surface area contributed by atoms with Gasteiger partial charge in [0.05, 0.1) is 11.3 Å². The lowest BCUT2D eigenvalue weighted by atomic mass is 9.96. The van der Waals surface area contributed by atoms with Crippen molar-refractivity contribution in [2.45, 2.75) is 25.9 Å². The van der Waals surface area contributed by atoms with Crippen LogP contribution in [0.5, 0.6) is 0 Å². The number of pyridine rings is 1. The summed E-state index contributed by atoms with van der Waals surface area (Å²) < 4.78 is 44.0. The van der Waals surface area contributed by atoms with Gasteiger partial charge in [-0.15, -0.1) is 11.5 Å². The molecule has 0 aliphatic rings. The zero-order valence-corrected chi connectivity index (χ0v) is 22.2. The van der Waals surface area contributed by atoms with Gasteiger partial charge < -0.3 is 5.32 Å². The van der Waals surface area contributed by atoms with Gasteiger partial charge in [-0.3, -0.25) is 10.1 Å². The van der Waals surface area contributed by atoms with E-state index in [0.717, 1.165) is 12.1 Å². The molecule has 41 heavy (non-hydrogen) atoms. The largest absolute Gasteiger partial charge is 0.416 e. The number of carbonyl (C=O) groups is 1. The first-order chi connectivity index (χ1) is 19.7. The summed E-state index contributed by atoms with van der Waals surface area (Å²) in [6.45, 7) is 2.44. The van der Waals surface area contributed by atoms with Crippen LogP contribution in [0.4, 0.5) is 19.1 Å². The number of terminal acetylenes is 1. The fourth-order valence-corrected chi connectivity index (χ4v) is 4.51. The molecule has 0 bridgehead atoms. The lowest BCUT2D eigenvalue weighted by molar-refractivity contribution is -0.137. The van der Waals surface area contributed by atoms with Crippen LogP contribution in [0.25, 0.3) is 33.8 Å². The van der Waals surface area contributed by atoms with Crippen LogP contribution < -0.4 is 10.6 Å². The van der Waals surface area contributed by atoms with Crippen molar-refractivity contribution in [1.29, 1.82) is 0 Å². The molecule has 2 aromatic carbocycles. The van der Waals surface area contributed by atoms with Crippen LogP contribution in [0.15, 0.2) is 61.1 Å². The van der Waals surface area contributed by atoms with Gasteiger partial charge in [-0.2, -0.15) is 23.3 Å². The number of aromatic nitrogens is 6. The van der Waals surface area contributed by atoms with Crippen LogP contribution in [0, 0.1) is 19.3 Å². The number of nitrogens with zero attached hydrogens (tertiary/aromatic N) is 6. The molecule has 9 nitrogen and oxygen atoms in total. The lowest BCUT2D eigenvalue weighted by Crippen LogP contribution is -2.15. The third-order valence-electron chi connectivity index (χ3n) is 6.51. The number of fused-ring (bicyclic) bond motifs is 1. The van der Waals surface area contributed by atoms with Crippen molar-refractivity contribution in [1.82, 2.24) is 34.7 Å². The van der Waals surface area contributed by atoms with Crippen LogP contribution in [0.3, 0.4) is 0 Å². The minimum absolute atomic E-state index is 0.0376. The molecule has 5 aromatic rings. The maximum absolute atomic E-state index is 13.7. The van der Waals surface area contributed by atoms with Crippen LogP contribution in [-0.2, 0) is 11.0 Å². The number of carbonyl (C=O) groups excluding carboxylic acids is 1. The lowest BCUT2D eigenvalue weighted by Gasteiger charge is -2.15. The van der Waals surface area contributed by atoms with Crippen molar-refractivity contribution in [3.8, 4) is 40.5 Å². The van der Waals surface area contributed by atoms with Crippen molar-refractivity contribution in [2.24, 2.45) is 0 Å². The summed E-state index contributed by atoms with van der Waals surface area (Å²) in [6, 6.07) is 12.1. The van der Waals surface area contributed by atoms with Gasteiger partial charge in [0, 0.05) is 29.3 Å². The quantitative estimate of drug-likeness (QED) is 0.208. The Morgan fingerprint density at radius 2 is 1.93 bits per heavy atom. The first-order valence-corrected chi connectivity index (χ1v) is 12.7. The SMILES string of the molecule is C#Cc1ccc(-n2ncnc2-c2cn3nc(NC(=O)CCCNC)nc3c(-c3cccc(C(F)(F)F)c3)c2C)cc1. The Kier molecular flexibility index (Phi) is 7.54. The number of alkyl halides is 3. The fraction of sp³-hybridized carbons (Fsp3) is 0.207. The van der Waals surface area contributed by atoms with E-state index in [1.807, 2.05) is 0 Å². The van der Waals surface area contributed by atoms with E-state index in [4.69, 9.17) is 6.42 Å². The average Bonchev–Trinajstić information content (AvgIpc) is 3.59. The topological polar surface area (TPSA) is 102 Å². The van der Waals surface area contributed by atoms with Gasteiger partial charge in [0.2, 0.25) is 11.9 Å². The second kappa shape index (κ2) is 11.2. The average molecular weight is 559 g/mol. The fourth-order valence-electron chi connectivity index (χ4n) is 4.51. The first kappa shape index (κ1) is 27.5. The maximum atomic E-state index is 13.7. The third kappa shape index (κ3) is 5.66. The molecule has 3 aromatic heterocycles. The van der Waals surface area contributed by atoms with Crippen molar-refractivity contribution < 1.29 is 18.0 Å². The predicted octanol–water partition coefficient (Wildman–Crippen LogP) is 4.89. The Morgan fingerprint density at radius 3 is 2.63 bits per heavy atom. The van der Waals surface area contributed by atoms with E-state index >= 15 is 0 Å². The molecule has 0 unspecified atom stereocenters. The number of halogens is 3. The van der Waals surface area contributed by atoms with Gasteiger partial charge in [-0.05, 0) is 74.5 Å². The van der Waals surface area contributed by atoms with E-state index in [1.54, 1.807) is 55.2 Å². The second-order valence-electron chi connectivity index (χ2n) is 9.27. The minimum Gasteiger partial charge on any atom is -0.320 e. The highest BCUT2D eigenvalue weighted by Gasteiger charge is 2.31. The minimum atomic E-state index is -4.54. The van der Waals surface area contributed by atoms with E-state index in [1.165, 1.54) is 16.9 Å². The molecule has 3 heterocycles. The smallest absolute Gasteiger partial charge is 0.320 e. The Labute approximate surface area is 233 Å². The molecule has 0 aliphatic heterocycles. The molecule has 0 saturated heterocycles. The van der Waals surface area contributed by atoms with E-state index in [0.29, 0.717) is 46.7 Å². The summed E-state index contributed by atoms with van der Waals surface area (Å²) in [6.07, 6.45) is 4.87. The first-order valence-electron chi connectivity index (χ1n) is 12.7. The van der Waals surface area contributed by atoms with E-state index in [2.05, 4.69) is 36.7 Å². The standard InChI is InChI=1S/C29H25F3N8O/c1-4-19-10-12-22(13-11-19)40-26(34-17-35-40)23-16-39-27(37-28(38-39)36-24(41)9-6-14-33-3)25(18(23)2)20-7-5-8-21(15-20)29(30,31)32/h1,5,7-8,10-13,15-17,33H,6,9,14H2,2-3H3,(H,36,38,41). The molecule has 0 aliphatic carbocycles. The molecule has 0 atom stereocenters. The Balaban J connectivity index is 1.68. The van der Waals surface area contributed by atoms with Gasteiger partial charge in [0.1, 0.15) is 6.33 Å². The number of benzene rings is 2. The maximum Gasteiger partial charge on any atom is 0.416 e. The highest BCUT2D eigenvalue weighted by Crippen LogP contribution is 2.38. The number of rotatable bonds is 8. The van der Waals surface area contributed by atoms with E-state index < -0.39 is 11.7 Å². The normalized spacial score (nSPS) is 11.5. The Hall–Kier alpha value is -5.02. The molecule has 0 spiro atoms. The molecular weight excluding hydrogens is 533 g/mol. The number of nitrogens with one attached hydrogen (secondary N) is 2. The van der Waals surface area contributed by atoms with Crippen molar-refractivity contribution in [3.05, 3.63) is 77.7 Å². The van der Waals surface area contributed by atoms with Crippen molar-refractivity contribution in [3.63, 3.8) is 0 Å².